The van der Waals surface area contributed by atoms with E-state index in [0.29, 0.717) is 19.1 Å². The van der Waals surface area contributed by atoms with Crippen molar-refractivity contribution in [3.05, 3.63) is 35.4 Å². The normalized spacial score (nSPS) is 18.4. The summed E-state index contributed by atoms with van der Waals surface area (Å²) in [6.45, 7) is 3.25. The minimum absolute atomic E-state index is 0.379. The summed E-state index contributed by atoms with van der Waals surface area (Å²) in [5.41, 5.74) is 0.169. The summed E-state index contributed by atoms with van der Waals surface area (Å²) < 4.78 is 42.9. The first-order valence-corrected chi connectivity index (χ1v) is 6.87. The Labute approximate surface area is 117 Å². The van der Waals surface area contributed by atoms with Gasteiger partial charge >= 0.3 is 6.18 Å². The topological polar surface area (TPSA) is 12.5 Å². The molecule has 112 valence electrons. The molecule has 5 heteroatoms. The van der Waals surface area contributed by atoms with Crippen LogP contribution in [0.2, 0.25) is 0 Å². The zero-order chi connectivity index (χ0) is 14.6. The molecule has 1 aliphatic rings. The van der Waals surface area contributed by atoms with Crippen LogP contribution in [-0.2, 0) is 17.5 Å². The molecule has 1 aliphatic heterocycles. The van der Waals surface area contributed by atoms with Crippen LogP contribution in [0, 0.1) is 5.92 Å². The fourth-order valence-electron chi connectivity index (χ4n) is 2.36. The summed E-state index contributed by atoms with van der Waals surface area (Å²) in [7, 11) is 2.11. The third kappa shape index (κ3) is 4.49. The number of hydrogen-bond acceptors (Lipinski definition) is 2. The van der Waals surface area contributed by atoms with Gasteiger partial charge in [0.05, 0.1) is 12.2 Å². The van der Waals surface area contributed by atoms with Crippen LogP contribution >= 0.6 is 0 Å². The van der Waals surface area contributed by atoms with E-state index in [2.05, 4.69) is 11.9 Å². The molecule has 0 unspecified atom stereocenters. The molecule has 2 rings (SSSR count). The number of likely N-dealkylation sites (tertiary alicyclic amines) is 1. The molecule has 0 N–H and O–H groups in total. The monoisotopic (exact) mass is 287 g/mol. The predicted molar refractivity (Wildman–Crippen MR) is 71.3 cm³/mol. The van der Waals surface area contributed by atoms with E-state index in [1.54, 1.807) is 0 Å². The number of benzene rings is 1. The second-order valence-electron chi connectivity index (χ2n) is 5.46. The largest absolute Gasteiger partial charge is 0.416 e. The fourth-order valence-corrected chi connectivity index (χ4v) is 2.36. The van der Waals surface area contributed by atoms with Crippen LogP contribution in [0.15, 0.2) is 24.3 Å². The third-order valence-corrected chi connectivity index (χ3v) is 3.74. The molecule has 0 saturated carbocycles. The summed E-state index contributed by atoms with van der Waals surface area (Å²) in [4.78, 5) is 2.30. The summed E-state index contributed by atoms with van der Waals surface area (Å²) in [6.07, 6.45) is -2.01. The van der Waals surface area contributed by atoms with Gasteiger partial charge in [-0.25, -0.2) is 0 Å². The number of hydrogen-bond donors (Lipinski definition) is 0. The van der Waals surface area contributed by atoms with Crippen molar-refractivity contribution in [2.24, 2.45) is 5.92 Å². The first-order valence-electron chi connectivity index (χ1n) is 6.87. The third-order valence-electron chi connectivity index (χ3n) is 3.74. The quantitative estimate of drug-likeness (QED) is 0.839. The Balaban J connectivity index is 1.74. The first kappa shape index (κ1) is 15.3. The molecule has 0 spiro atoms. The van der Waals surface area contributed by atoms with Crippen LogP contribution in [0.3, 0.4) is 0 Å². The lowest BCUT2D eigenvalue weighted by molar-refractivity contribution is -0.137. The standard InChI is InChI=1S/C15H20F3NO/c1-19-8-6-13(7-9-19)11-20-10-12-2-4-14(5-3-12)15(16,17)18/h2-5,13H,6-11H2,1H3. The SMILES string of the molecule is CN1CCC(COCc2ccc(C(F)(F)F)cc2)CC1. The van der Waals surface area contributed by atoms with Crippen LogP contribution in [0.5, 0.6) is 0 Å². The lowest BCUT2D eigenvalue weighted by Gasteiger charge is -2.28. The van der Waals surface area contributed by atoms with Gasteiger partial charge in [-0.3, -0.25) is 0 Å². The minimum Gasteiger partial charge on any atom is -0.376 e. The van der Waals surface area contributed by atoms with E-state index in [0.717, 1.165) is 43.6 Å². The maximum atomic E-state index is 12.4. The van der Waals surface area contributed by atoms with Crippen molar-refractivity contribution in [2.45, 2.75) is 25.6 Å². The van der Waals surface area contributed by atoms with Gasteiger partial charge in [-0.05, 0) is 56.6 Å². The van der Waals surface area contributed by atoms with Crippen LogP contribution < -0.4 is 0 Å². The Morgan fingerprint density at radius 1 is 1.15 bits per heavy atom. The lowest BCUT2D eigenvalue weighted by atomic mass is 9.98. The second kappa shape index (κ2) is 6.59. The molecule has 1 heterocycles. The van der Waals surface area contributed by atoms with Crippen molar-refractivity contribution in [2.75, 3.05) is 26.7 Å². The highest BCUT2D eigenvalue weighted by Gasteiger charge is 2.29. The molecule has 1 aromatic carbocycles. The molecule has 0 aromatic heterocycles. The number of alkyl halides is 3. The molecule has 20 heavy (non-hydrogen) atoms. The van der Waals surface area contributed by atoms with E-state index in [1.165, 1.54) is 12.1 Å². The van der Waals surface area contributed by atoms with Gasteiger partial charge in [0.25, 0.3) is 0 Å². The van der Waals surface area contributed by atoms with Gasteiger partial charge in [0.2, 0.25) is 0 Å². The Morgan fingerprint density at radius 2 is 1.75 bits per heavy atom. The summed E-state index contributed by atoms with van der Waals surface area (Å²) in [5, 5.41) is 0. The first-order chi connectivity index (χ1) is 9.45. The highest BCUT2D eigenvalue weighted by Crippen LogP contribution is 2.29. The molecule has 1 saturated heterocycles. The number of halogens is 3. The Kier molecular flexibility index (Phi) is 5.05. The molecule has 1 fully saturated rings. The van der Waals surface area contributed by atoms with E-state index in [9.17, 15) is 13.2 Å². The van der Waals surface area contributed by atoms with Crippen molar-refractivity contribution in [1.29, 1.82) is 0 Å². The molecule has 1 aromatic rings. The zero-order valence-electron chi connectivity index (χ0n) is 11.6. The molecule has 0 aliphatic carbocycles. The number of rotatable bonds is 4. The maximum absolute atomic E-state index is 12.4. The van der Waals surface area contributed by atoms with Crippen molar-refractivity contribution >= 4 is 0 Å². The van der Waals surface area contributed by atoms with Gasteiger partial charge in [0.1, 0.15) is 0 Å². The molecule has 0 amide bonds. The molecule has 2 nitrogen and oxygen atoms in total. The molecule has 0 radical (unpaired) electrons. The zero-order valence-corrected chi connectivity index (χ0v) is 11.6. The van der Waals surface area contributed by atoms with Gasteiger partial charge in [0, 0.05) is 6.61 Å². The van der Waals surface area contributed by atoms with Crippen molar-refractivity contribution in [3.8, 4) is 0 Å². The fraction of sp³-hybridized carbons (Fsp3) is 0.600. The smallest absolute Gasteiger partial charge is 0.376 e. The Morgan fingerprint density at radius 3 is 2.30 bits per heavy atom. The average Bonchev–Trinajstić information content (AvgIpc) is 2.41. The van der Waals surface area contributed by atoms with Crippen molar-refractivity contribution < 1.29 is 17.9 Å². The number of ether oxygens (including phenoxy) is 1. The summed E-state index contributed by atoms with van der Waals surface area (Å²) in [6, 6.07) is 5.18. The van der Waals surface area contributed by atoms with E-state index < -0.39 is 11.7 Å². The predicted octanol–water partition coefficient (Wildman–Crippen LogP) is 3.56. The van der Waals surface area contributed by atoms with Gasteiger partial charge in [0.15, 0.2) is 0 Å². The van der Waals surface area contributed by atoms with E-state index in [4.69, 9.17) is 4.74 Å². The highest BCUT2D eigenvalue weighted by atomic mass is 19.4. The van der Waals surface area contributed by atoms with Crippen LogP contribution in [0.25, 0.3) is 0 Å². The summed E-state index contributed by atoms with van der Waals surface area (Å²) in [5.74, 6) is 0.570. The second-order valence-corrected chi connectivity index (χ2v) is 5.46. The average molecular weight is 287 g/mol. The maximum Gasteiger partial charge on any atom is 0.416 e. The van der Waals surface area contributed by atoms with Crippen LogP contribution in [-0.4, -0.2) is 31.6 Å². The van der Waals surface area contributed by atoms with Crippen molar-refractivity contribution in [3.63, 3.8) is 0 Å². The van der Waals surface area contributed by atoms with Crippen LogP contribution in [0.4, 0.5) is 13.2 Å². The lowest BCUT2D eigenvalue weighted by Crippen LogP contribution is -2.31. The molecular weight excluding hydrogens is 267 g/mol. The van der Waals surface area contributed by atoms with E-state index >= 15 is 0 Å². The van der Waals surface area contributed by atoms with E-state index in [-0.39, 0.29) is 0 Å². The van der Waals surface area contributed by atoms with Gasteiger partial charge in [-0.15, -0.1) is 0 Å². The summed E-state index contributed by atoms with van der Waals surface area (Å²) >= 11 is 0. The minimum atomic E-state index is -4.27. The molecule has 0 atom stereocenters. The van der Waals surface area contributed by atoms with Crippen LogP contribution in [0.1, 0.15) is 24.0 Å². The van der Waals surface area contributed by atoms with Gasteiger partial charge in [-0.2, -0.15) is 13.2 Å². The highest BCUT2D eigenvalue weighted by molar-refractivity contribution is 5.24. The molecule has 0 bridgehead atoms. The van der Waals surface area contributed by atoms with Gasteiger partial charge in [-0.1, -0.05) is 12.1 Å². The number of nitrogens with zero attached hydrogens (tertiary/aromatic N) is 1. The number of piperidine rings is 1. The Bertz CT molecular complexity index is 408. The van der Waals surface area contributed by atoms with E-state index in [1.807, 2.05) is 0 Å². The molecular formula is C15H20F3NO. The van der Waals surface area contributed by atoms with Gasteiger partial charge < -0.3 is 9.64 Å². The Hall–Kier alpha value is -1.07. The van der Waals surface area contributed by atoms with Crippen molar-refractivity contribution in [1.82, 2.24) is 4.90 Å².